The molecule has 8 heteroatoms. The van der Waals surface area contributed by atoms with Crippen LogP contribution in [0.3, 0.4) is 0 Å². The average Bonchev–Trinajstić information content (AvgIpc) is 2.62. The third kappa shape index (κ3) is 6.66. The van der Waals surface area contributed by atoms with Crippen molar-refractivity contribution >= 4 is 29.4 Å². The van der Waals surface area contributed by atoms with Crippen LogP contribution >= 0.6 is 11.6 Å². The summed E-state index contributed by atoms with van der Waals surface area (Å²) in [7, 11) is 0. The first-order valence-electron chi connectivity index (χ1n) is 8.52. The fourth-order valence-electron chi connectivity index (χ4n) is 2.73. The Labute approximate surface area is 165 Å². The molecular weight excluding hydrogens is 389 g/mol. The molecule has 28 heavy (non-hydrogen) atoms. The molecule has 0 aromatic heterocycles. The number of aliphatic carboxylic acids is 2. The number of carboxylic acid groups (broad SMARTS) is 2. The minimum absolute atomic E-state index is 0.220. The lowest BCUT2D eigenvalue weighted by Crippen LogP contribution is -2.38. The molecule has 0 aliphatic carbocycles. The summed E-state index contributed by atoms with van der Waals surface area (Å²) < 4.78 is 13.4. The van der Waals surface area contributed by atoms with Gasteiger partial charge in [-0.25, -0.2) is 4.39 Å². The van der Waals surface area contributed by atoms with Crippen LogP contribution in [0.1, 0.15) is 24.8 Å². The normalized spacial score (nSPS) is 11.6. The second kappa shape index (κ2) is 9.85. The topological polar surface area (TPSA) is 104 Å². The fraction of sp³-hybridized carbons (Fsp3) is 0.250. The van der Waals surface area contributed by atoms with Crippen molar-refractivity contribution in [1.29, 1.82) is 0 Å². The first kappa shape index (κ1) is 21.4. The molecule has 1 atom stereocenters. The summed E-state index contributed by atoms with van der Waals surface area (Å²) >= 11 is 6.10. The second-order valence-electron chi connectivity index (χ2n) is 6.28. The Hall–Kier alpha value is -2.93. The van der Waals surface area contributed by atoms with E-state index in [-0.39, 0.29) is 25.7 Å². The van der Waals surface area contributed by atoms with Crippen molar-refractivity contribution < 1.29 is 29.0 Å². The summed E-state index contributed by atoms with van der Waals surface area (Å²) in [4.78, 5) is 33.4. The van der Waals surface area contributed by atoms with E-state index in [2.05, 4.69) is 5.32 Å². The quantitative estimate of drug-likeness (QED) is 0.590. The Morgan fingerprint density at radius 1 is 1.00 bits per heavy atom. The first-order valence-corrected chi connectivity index (χ1v) is 8.89. The van der Waals surface area contributed by atoms with Crippen molar-refractivity contribution in [3.8, 4) is 11.1 Å². The van der Waals surface area contributed by atoms with Gasteiger partial charge in [-0.1, -0.05) is 35.9 Å². The van der Waals surface area contributed by atoms with Crippen LogP contribution in [0.2, 0.25) is 5.02 Å². The highest BCUT2D eigenvalue weighted by Gasteiger charge is 2.17. The van der Waals surface area contributed by atoms with Gasteiger partial charge in [0.1, 0.15) is 5.82 Å². The minimum Gasteiger partial charge on any atom is -0.481 e. The lowest BCUT2D eigenvalue weighted by atomic mass is 9.99. The lowest BCUT2D eigenvalue weighted by molar-refractivity contribution is -0.140. The van der Waals surface area contributed by atoms with Crippen LogP contribution in [-0.4, -0.2) is 34.1 Å². The van der Waals surface area contributed by atoms with Crippen molar-refractivity contribution in [2.24, 2.45) is 0 Å². The van der Waals surface area contributed by atoms with Gasteiger partial charge in [0.2, 0.25) is 5.91 Å². The number of benzene rings is 2. The van der Waals surface area contributed by atoms with Crippen LogP contribution in [0.25, 0.3) is 11.1 Å². The number of amides is 1. The molecule has 3 N–H and O–H groups in total. The lowest BCUT2D eigenvalue weighted by Gasteiger charge is -2.17. The fourth-order valence-corrected chi connectivity index (χ4v) is 2.96. The molecule has 0 aliphatic rings. The van der Waals surface area contributed by atoms with E-state index in [1.54, 1.807) is 24.3 Å². The molecule has 0 spiro atoms. The van der Waals surface area contributed by atoms with Crippen LogP contribution in [0.15, 0.2) is 42.5 Å². The molecule has 0 saturated carbocycles. The van der Waals surface area contributed by atoms with Gasteiger partial charge in [-0.15, -0.1) is 0 Å². The molecule has 6 nitrogen and oxygen atoms in total. The molecular formula is C20H19ClFNO5. The summed E-state index contributed by atoms with van der Waals surface area (Å²) in [5.41, 5.74) is 2.01. The SMILES string of the molecule is O=C(O)CCC(=O)NC(CC(=O)O)Cc1ccc(-c2cc(F)ccc2Cl)cc1. The zero-order chi connectivity index (χ0) is 20.7. The predicted octanol–water partition coefficient (Wildman–Crippen LogP) is 3.51. The molecule has 1 unspecified atom stereocenters. The van der Waals surface area contributed by atoms with Crippen molar-refractivity contribution in [1.82, 2.24) is 5.32 Å². The molecule has 1 amide bonds. The van der Waals surface area contributed by atoms with Crippen LogP contribution < -0.4 is 5.32 Å². The minimum atomic E-state index is -1.10. The maximum atomic E-state index is 13.4. The van der Waals surface area contributed by atoms with Crippen molar-refractivity contribution in [3.63, 3.8) is 0 Å². The standard InChI is InChI=1S/C20H19ClFNO5/c21-17-6-5-14(22)10-16(17)13-3-1-12(2-4-13)9-15(11-20(27)28)23-18(24)7-8-19(25)26/h1-6,10,15H,7-9,11H2,(H,23,24)(H,25,26)(H,27,28). The molecule has 2 aromatic rings. The maximum absolute atomic E-state index is 13.4. The zero-order valence-electron chi connectivity index (χ0n) is 14.8. The number of carboxylic acids is 2. The molecule has 0 bridgehead atoms. The van der Waals surface area contributed by atoms with Gasteiger partial charge in [-0.05, 0) is 35.7 Å². The number of hydrogen-bond donors (Lipinski definition) is 3. The molecule has 2 aromatic carbocycles. The molecule has 0 aliphatic heterocycles. The third-order valence-electron chi connectivity index (χ3n) is 4.03. The number of hydrogen-bond acceptors (Lipinski definition) is 3. The first-order chi connectivity index (χ1) is 13.2. The van der Waals surface area contributed by atoms with Gasteiger partial charge in [0.05, 0.1) is 12.8 Å². The largest absolute Gasteiger partial charge is 0.481 e. The number of carbonyl (C=O) groups is 3. The highest BCUT2D eigenvalue weighted by Crippen LogP contribution is 2.29. The smallest absolute Gasteiger partial charge is 0.305 e. The zero-order valence-corrected chi connectivity index (χ0v) is 15.6. The van der Waals surface area contributed by atoms with E-state index in [0.29, 0.717) is 16.1 Å². The second-order valence-corrected chi connectivity index (χ2v) is 6.69. The van der Waals surface area contributed by atoms with Crippen LogP contribution in [0.5, 0.6) is 0 Å². The summed E-state index contributed by atoms with van der Waals surface area (Å²) in [6.45, 7) is 0. The highest BCUT2D eigenvalue weighted by molar-refractivity contribution is 6.33. The Morgan fingerprint density at radius 3 is 2.29 bits per heavy atom. The van der Waals surface area contributed by atoms with Gasteiger partial charge >= 0.3 is 11.9 Å². The Balaban J connectivity index is 2.09. The molecule has 2 rings (SSSR count). The van der Waals surface area contributed by atoms with E-state index in [1.807, 2.05) is 0 Å². The van der Waals surface area contributed by atoms with E-state index in [0.717, 1.165) is 5.56 Å². The number of carbonyl (C=O) groups excluding carboxylic acids is 1. The summed E-state index contributed by atoms with van der Waals surface area (Å²) in [5, 5.41) is 20.6. The monoisotopic (exact) mass is 407 g/mol. The summed E-state index contributed by atoms with van der Waals surface area (Å²) in [6.07, 6.45) is -0.588. The van der Waals surface area contributed by atoms with Gasteiger partial charge in [0, 0.05) is 23.0 Å². The molecule has 0 radical (unpaired) electrons. The predicted molar refractivity (Wildman–Crippen MR) is 102 cm³/mol. The van der Waals surface area contributed by atoms with Crippen LogP contribution in [-0.2, 0) is 20.8 Å². The molecule has 0 fully saturated rings. The number of halogens is 2. The maximum Gasteiger partial charge on any atom is 0.305 e. The van der Waals surface area contributed by atoms with E-state index in [4.69, 9.17) is 21.8 Å². The van der Waals surface area contributed by atoms with Crippen LogP contribution in [0.4, 0.5) is 4.39 Å². The average molecular weight is 408 g/mol. The van der Waals surface area contributed by atoms with Crippen molar-refractivity contribution in [2.75, 3.05) is 0 Å². The number of rotatable bonds is 9. The van der Waals surface area contributed by atoms with Gasteiger partial charge in [-0.2, -0.15) is 0 Å². The van der Waals surface area contributed by atoms with Crippen LogP contribution in [0, 0.1) is 5.82 Å². The van der Waals surface area contributed by atoms with E-state index in [1.165, 1.54) is 18.2 Å². The Kier molecular flexibility index (Phi) is 7.52. The summed E-state index contributed by atoms with van der Waals surface area (Å²) in [6, 6.07) is 10.3. The Morgan fingerprint density at radius 2 is 1.68 bits per heavy atom. The Bertz CT molecular complexity index is 869. The third-order valence-corrected chi connectivity index (χ3v) is 4.36. The van der Waals surface area contributed by atoms with E-state index >= 15 is 0 Å². The molecule has 0 heterocycles. The van der Waals surface area contributed by atoms with Gasteiger partial charge in [0.25, 0.3) is 0 Å². The highest BCUT2D eigenvalue weighted by atomic mass is 35.5. The molecule has 148 valence electrons. The van der Waals surface area contributed by atoms with Crippen molar-refractivity contribution in [3.05, 3.63) is 58.9 Å². The van der Waals surface area contributed by atoms with E-state index < -0.39 is 29.7 Å². The van der Waals surface area contributed by atoms with Gasteiger partial charge in [0.15, 0.2) is 0 Å². The molecule has 0 saturated heterocycles. The van der Waals surface area contributed by atoms with Gasteiger partial charge < -0.3 is 15.5 Å². The van der Waals surface area contributed by atoms with E-state index in [9.17, 15) is 18.8 Å². The number of nitrogens with one attached hydrogen (secondary N) is 1. The van der Waals surface area contributed by atoms with Crippen molar-refractivity contribution in [2.45, 2.75) is 31.7 Å². The summed E-state index contributed by atoms with van der Waals surface area (Å²) in [5.74, 6) is -3.10. The van der Waals surface area contributed by atoms with Gasteiger partial charge in [-0.3, -0.25) is 14.4 Å².